The van der Waals surface area contributed by atoms with Crippen molar-refractivity contribution >= 4 is 27.6 Å². The lowest BCUT2D eigenvalue weighted by atomic mass is 9.96. The molecular weight excluding hydrogens is 408 g/mol. The molecule has 2 aromatic rings. The number of aryl methyl sites for hydroxylation is 2. The molecule has 9 heteroatoms. The van der Waals surface area contributed by atoms with Crippen LogP contribution in [0, 0.1) is 19.8 Å². The summed E-state index contributed by atoms with van der Waals surface area (Å²) in [5.74, 6) is -1.24. The zero-order chi connectivity index (χ0) is 21.9. The van der Waals surface area contributed by atoms with Gasteiger partial charge in [0.1, 0.15) is 0 Å². The molecule has 0 spiro atoms. The summed E-state index contributed by atoms with van der Waals surface area (Å²) in [5.41, 5.74) is 2.77. The van der Waals surface area contributed by atoms with Crippen LogP contribution in [-0.2, 0) is 19.6 Å². The van der Waals surface area contributed by atoms with E-state index in [1.165, 1.54) is 16.4 Å². The van der Waals surface area contributed by atoms with Crippen LogP contribution in [0.25, 0.3) is 0 Å². The van der Waals surface area contributed by atoms with Crippen molar-refractivity contribution in [2.24, 2.45) is 5.92 Å². The largest absolute Gasteiger partial charge is 0.460 e. The first-order valence-electron chi connectivity index (χ1n) is 9.88. The van der Waals surface area contributed by atoms with Gasteiger partial charge in [0.25, 0.3) is 10.0 Å². The minimum atomic E-state index is -3.88. The molecule has 2 heterocycles. The zero-order valence-corrected chi connectivity index (χ0v) is 18.1. The normalized spacial score (nSPS) is 15.7. The number of rotatable bonds is 6. The first-order valence-corrected chi connectivity index (χ1v) is 11.3. The van der Waals surface area contributed by atoms with Gasteiger partial charge in [0.15, 0.2) is 0 Å². The maximum Gasteiger partial charge on any atom is 0.374 e. The van der Waals surface area contributed by atoms with Crippen LogP contribution in [-0.4, -0.2) is 44.3 Å². The first kappa shape index (κ1) is 22.0. The highest BCUT2D eigenvalue weighted by Gasteiger charge is 2.34. The Morgan fingerprint density at radius 3 is 2.37 bits per heavy atom. The monoisotopic (exact) mass is 434 g/mol. The van der Waals surface area contributed by atoms with E-state index >= 15 is 0 Å². The van der Waals surface area contributed by atoms with E-state index in [-0.39, 0.29) is 42.4 Å². The number of hydrogen-bond acceptors (Lipinski definition) is 6. The van der Waals surface area contributed by atoms with Crippen LogP contribution in [0.15, 0.2) is 39.8 Å². The van der Waals surface area contributed by atoms with Crippen molar-refractivity contribution in [1.82, 2.24) is 4.31 Å². The number of sulfonamides is 1. The number of furan rings is 1. The fraction of sp³-hybridized carbons (Fsp3) is 0.429. The first-order chi connectivity index (χ1) is 14.2. The number of ether oxygens (including phenoxy) is 1. The number of esters is 1. The second kappa shape index (κ2) is 9.01. The van der Waals surface area contributed by atoms with Gasteiger partial charge in [0, 0.05) is 24.7 Å². The van der Waals surface area contributed by atoms with Crippen LogP contribution >= 0.6 is 0 Å². The van der Waals surface area contributed by atoms with Gasteiger partial charge in [0.05, 0.1) is 6.61 Å². The van der Waals surface area contributed by atoms with Gasteiger partial charge in [-0.25, -0.2) is 13.2 Å². The highest BCUT2D eigenvalue weighted by atomic mass is 32.2. The lowest BCUT2D eigenvalue weighted by Crippen LogP contribution is -2.41. The Balaban J connectivity index is 1.63. The van der Waals surface area contributed by atoms with E-state index in [2.05, 4.69) is 5.32 Å². The van der Waals surface area contributed by atoms with Crippen molar-refractivity contribution in [2.45, 2.75) is 38.7 Å². The number of anilines is 1. The SMILES string of the molecule is CCOC(=O)c1ccc(S(=O)(=O)N2CCC(C(=O)Nc3c(C)cccc3C)CC2)o1. The molecular formula is C21H26N2O6S. The molecule has 0 radical (unpaired) electrons. The van der Waals surface area contributed by atoms with E-state index in [0.717, 1.165) is 16.8 Å². The standard InChI is InChI=1S/C21H26N2O6S/c1-4-28-21(25)17-8-9-18(29-17)30(26,27)23-12-10-16(11-13-23)20(24)22-19-14(2)6-5-7-15(19)3/h5-9,16H,4,10-13H2,1-3H3,(H,22,24). The van der Waals surface area contributed by atoms with E-state index in [0.29, 0.717) is 12.8 Å². The predicted molar refractivity (Wildman–Crippen MR) is 111 cm³/mol. The highest BCUT2D eigenvalue weighted by molar-refractivity contribution is 7.89. The van der Waals surface area contributed by atoms with Crippen molar-refractivity contribution in [3.05, 3.63) is 47.2 Å². The summed E-state index contributed by atoms with van der Waals surface area (Å²) in [4.78, 5) is 24.4. The minimum Gasteiger partial charge on any atom is -0.460 e. The number of para-hydroxylation sites is 1. The average molecular weight is 435 g/mol. The molecule has 1 fully saturated rings. The van der Waals surface area contributed by atoms with Gasteiger partial charge in [-0.2, -0.15) is 4.31 Å². The minimum absolute atomic E-state index is 0.105. The quantitative estimate of drug-likeness (QED) is 0.700. The molecule has 1 amide bonds. The molecule has 0 atom stereocenters. The summed E-state index contributed by atoms with van der Waals surface area (Å²) in [6.07, 6.45) is 0.808. The molecule has 0 saturated carbocycles. The van der Waals surface area contributed by atoms with Crippen LogP contribution in [0.5, 0.6) is 0 Å². The fourth-order valence-electron chi connectivity index (χ4n) is 3.49. The van der Waals surface area contributed by atoms with E-state index < -0.39 is 16.0 Å². The van der Waals surface area contributed by atoms with E-state index in [1.807, 2.05) is 32.0 Å². The lowest BCUT2D eigenvalue weighted by molar-refractivity contribution is -0.120. The maximum atomic E-state index is 12.8. The lowest BCUT2D eigenvalue weighted by Gasteiger charge is -2.30. The van der Waals surface area contributed by atoms with Crippen LogP contribution in [0.4, 0.5) is 5.69 Å². The molecule has 3 rings (SSSR count). The highest BCUT2D eigenvalue weighted by Crippen LogP contribution is 2.27. The Kier molecular flexibility index (Phi) is 6.62. The third-order valence-electron chi connectivity index (χ3n) is 5.21. The summed E-state index contributed by atoms with van der Waals surface area (Å²) >= 11 is 0. The number of nitrogens with one attached hydrogen (secondary N) is 1. The van der Waals surface area contributed by atoms with Crippen molar-refractivity contribution in [3.8, 4) is 0 Å². The summed E-state index contributed by atoms with van der Waals surface area (Å²) < 4.78 is 36.9. The number of benzene rings is 1. The summed E-state index contributed by atoms with van der Waals surface area (Å²) in [6.45, 7) is 6.08. The van der Waals surface area contributed by atoms with Crippen molar-refractivity contribution in [1.29, 1.82) is 0 Å². The van der Waals surface area contributed by atoms with E-state index in [9.17, 15) is 18.0 Å². The van der Waals surface area contributed by atoms with E-state index in [1.54, 1.807) is 6.92 Å². The van der Waals surface area contributed by atoms with Gasteiger partial charge >= 0.3 is 5.97 Å². The Labute approximate surface area is 176 Å². The summed E-state index contributed by atoms with van der Waals surface area (Å²) in [6, 6.07) is 8.35. The van der Waals surface area contributed by atoms with Crippen LogP contribution in [0.2, 0.25) is 0 Å². The van der Waals surface area contributed by atoms with Gasteiger partial charge in [0.2, 0.25) is 16.8 Å². The van der Waals surface area contributed by atoms with Crippen molar-refractivity contribution in [3.63, 3.8) is 0 Å². The predicted octanol–water partition coefficient (Wildman–Crippen LogP) is 3.11. The number of carbonyl (C=O) groups excluding carboxylic acids is 2. The fourth-order valence-corrected chi connectivity index (χ4v) is 4.87. The molecule has 162 valence electrons. The Morgan fingerprint density at radius 1 is 1.13 bits per heavy atom. The second-order valence-corrected chi connectivity index (χ2v) is 9.14. The second-order valence-electron chi connectivity index (χ2n) is 7.27. The molecule has 1 aromatic carbocycles. The average Bonchev–Trinajstić information content (AvgIpc) is 3.22. The number of hydrogen-bond donors (Lipinski definition) is 1. The zero-order valence-electron chi connectivity index (χ0n) is 17.3. The molecule has 0 aliphatic carbocycles. The Bertz CT molecular complexity index is 1020. The van der Waals surface area contributed by atoms with Gasteiger partial charge in [-0.15, -0.1) is 0 Å². The molecule has 30 heavy (non-hydrogen) atoms. The summed E-state index contributed by atoms with van der Waals surface area (Å²) in [7, 11) is -3.88. The van der Waals surface area contributed by atoms with Gasteiger partial charge in [-0.1, -0.05) is 18.2 Å². The molecule has 1 saturated heterocycles. The number of carbonyl (C=O) groups is 2. The van der Waals surface area contributed by atoms with Crippen LogP contribution in [0.3, 0.4) is 0 Å². The third-order valence-corrected chi connectivity index (χ3v) is 6.98. The molecule has 1 aromatic heterocycles. The Morgan fingerprint density at radius 2 is 1.77 bits per heavy atom. The molecule has 0 unspecified atom stereocenters. The molecule has 1 N–H and O–H groups in total. The summed E-state index contributed by atoms with van der Waals surface area (Å²) in [5, 5.41) is 2.68. The van der Waals surface area contributed by atoms with Crippen molar-refractivity contribution in [2.75, 3.05) is 25.0 Å². The van der Waals surface area contributed by atoms with Gasteiger partial charge in [-0.05, 0) is 56.9 Å². The van der Waals surface area contributed by atoms with E-state index in [4.69, 9.17) is 9.15 Å². The number of piperidine rings is 1. The maximum absolute atomic E-state index is 12.8. The van der Waals surface area contributed by atoms with Gasteiger partial charge < -0.3 is 14.5 Å². The molecule has 1 aliphatic heterocycles. The molecule has 1 aliphatic rings. The van der Waals surface area contributed by atoms with Crippen LogP contribution < -0.4 is 5.32 Å². The topological polar surface area (TPSA) is 106 Å². The third kappa shape index (κ3) is 4.57. The van der Waals surface area contributed by atoms with Crippen molar-refractivity contribution < 1.29 is 27.2 Å². The Hall–Kier alpha value is -2.65. The number of amides is 1. The van der Waals surface area contributed by atoms with Gasteiger partial charge in [-0.3, -0.25) is 4.79 Å². The smallest absolute Gasteiger partial charge is 0.374 e. The number of nitrogens with zero attached hydrogens (tertiary/aromatic N) is 1. The molecule has 8 nitrogen and oxygen atoms in total. The van der Waals surface area contributed by atoms with Crippen LogP contribution in [0.1, 0.15) is 41.4 Å². The molecule has 0 bridgehead atoms.